The molecule has 2 heterocycles. The van der Waals surface area contributed by atoms with Crippen LogP contribution in [0.5, 0.6) is 0 Å². The summed E-state index contributed by atoms with van der Waals surface area (Å²) in [5.74, 6) is 0.850. The Bertz CT molecular complexity index is 380. The molecule has 2 rings (SSSR count). The van der Waals surface area contributed by atoms with Crippen LogP contribution >= 0.6 is 0 Å². The zero-order valence-electron chi connectivity index (χ0n) is 7.09. The molecule has 0 atom stereocenters. The fraction of sp³-hybridized carbons (Fsp3) is 0. The third-order valence-electron chi connectivity index (χ3n) is 1.76. The van der Waals surface area contributed by atoms with E-state index in [0.29, 0.717) is 0 Å². The molecule has 0 bridgehead atoms. The maximum Gasteiger partial charge on any atom is 0.166 e. The molecule has 2 aromatic rings. The quantitative estimate of drug-likeness (QED) is 0.630. The molecule has 0 aromatic carbocycles. The van der Waals surface area contributed by atoms with Crippen LogP contribution < -0.4 is 0 Å². The van der Waals surface area contributed by atoms with Crippen molar-refractivity contribution in [2.24, 2.45) is 0 Å². The average Bonchev–Trinajstić information content (AvgIpc) is 2.76. The first-order valence-electron chi connectivity index (χ1n) is 3.93. The fourth-order valence-corrected chi connectivity index (χ4v) is 1.18. The molecule has 0 N–H and O–H groups in total. The molecule has 3 nitrogen and oxygen atoms in total. The zero-order valence-corrected chi connectivity index (χ0v) is 7.09. The van der Waals surface area contributed by atoms with E-state index in [4.69, 9.17) is 0 Å². The largest absolute Gasteiger partial charge is 0.303 e. The van der Waals surface area contributed by atoms with Crippen molar-refractivity contribution in [3.63, 3.8) is 0 Å². The average molecular weight is 171 g/mol. The predicted octanol–water partition coefficient (Wildman–Crippen LogP) is 1.63. The molecular weight excluding hydrogens is 162 g/mol. The second-order valence-corrected chi connectivity index (χ2v) is 2.56. The second kappa shape index (κ2) is 3.17. The van der Waals surface area contributed by atoms with E-state index in [1.165, 1.54) is 0 Å². The Morgan fingerprint density at radius 3 is 2.46 bits per heavy atom. The first-order chi connectivity index (χ1) is 6.42. The van der Waals surface area contributed by atoms with Crippen LogP contribution in [0.2, 0.25) is 0 Å². The summed E-state index contributed by atoms with van der Waals surface area (Å²) in [5.41, 5.74) is 2.86. The van der Waals surface area contributed by atoms with Gasteiger partial charge in [-0.2, -0.15) is 0 Å². The lowest BCUT2D eigenvalue weighted by Crippen LogP contribution is -2.06. The Kier molecular flexibility index (Phi) is 1.87. The van der Waals surface area contributed by atoms with Gasteiger partial charge in [0.1, 0.15) is 6.33 Å². The van der Waals surface area contributed by atoms with Gasteiger partial charge in [-0.15, -0.1) is 0 Å². The summed E-state index contributed by atoms with van der Waals surface area (Å²) in [4.78, 5) is 3.96. The molecule has 0 radical (unpaired) electrons. The topological polar surface area (TPSA) is 22.8 Å². The predicted molar refractivity (Wildman–Crippen MR) is 49.8 cm³/mol. The van der Waals surface area contributed by atoms with Crippen LogP contribution in [0.1, 0.15) is 0 Å². The summed E-state index contributed by atoms with van der Waals surface area (Å²) in [7, 11) is 0. The van der Waals surface area contributed by atoms with E-state index in [-0.39, 0.29) is 0 Å². The molecule has 2 aromatic heterocycles. The van der Waals surface area contributed by atoms with E-state index < -0.39 is 0 Å². The third-order valence-corrected chi connectivity index (χ3v) is 1.76. The highest BCUT2D eigenvalue weighted by atomic mass is 15.2. The molecule has 0 spiro atoms. The minimum atomic E-state index is 0.850. The van der Waals surface area contributed by atoms with Crippen LogP contribution in [0.25, 0.3) is 0 Å². The van der Waals surface area contributed by atoms with Crippen molar-refractivity contribution in [1.82, 2.24) is 14.1 Å². The van der Waals surface area contributed by atoms with Gasteiger partial charge in [-0.3, -0.25) is 4.57 Å². The van der Waals surface area contributed by atoms with Crippen molar-refractivity contribution in [2.75, 3.05) is 0 Å². The smallest absolute Gasteiger partial charge is 0.166 e. The van der Waals surface area contributed by atoms with Gasteiger partial charge in [0.25, 0.3) is 0 Å². The molecule has 0 aliphatic rings. The van der Waals surface area contributed by atoms with Gasteiger partial charge in [0.15, 0.2) is 5.82 Å². The lowest BCUT2D eigenvalue weighted by atomic mass is 10.6. The Morgan fingerprint density at radius 1 is 1.15 bits per heavy atom. The van der Waals surface area contributed by atoms with Gasteiger partial charge in [0.05, 0.1) is 0 Å². The van der Waals surface area contributed by atoms with Crippen molar-refractivity contribution in [3.05, 3.63) is 61.4 Å². The number of hydrogen-bond donors (Lipinski definition) is 0. The highest BCUT2D eigenvalue weighted by Crippen LogP contribution is 2.01. The minimum absolute atomic E-state index is 0.850. The van der Waals surface area contributed by atoms with Crippen molar-refractivity contribution in [3.8, 4) is 0 Å². The summed E-state index contributed by atoms with van der Waals surface area (Å²) in [6.45, 7) is 3.64. The maximum absolute atomic E-state index is 3.96. The van der Waals surface area contributed by atoms with Gasteiger partial charge in [0, 0.05) is 24.8 Å². The van der Waals surface area contributed by atoms with Gasteiger partial charge in [-0.05, 0) is 12.1 Å². The van der Waals surface area contributed by atoms with Gasteiger partial charge >= 0.3 is 0 Å². The van der Waals surface area contributed by atoms with Crippen LogP contribution in [0.3, 0.4) is 0 Å². The number of hydrogen-bond acceptors (Lipinski definition) is 1. The molecule has 0 aliphatic heterocycles. The molecule has 64 valence electrons. The van der Waals surface area contributed by atoms with Crippen LogP contribution in [0, 0.1) is 5.82 Å². The summed E-state index contributed by atoms with van der Waals surface area (Å²) < 4.78 is 3.78. The maximum atomic E-state index is 3.96. The standard InChI is InChI=1S/C10H9N3/c1-2-10(12-6-3-4-7-12)13-8-5-11-9-13/h3-9H,1H2. The normalized spacial score (nSPS) is 9.54. The van der Waals surface area contributed by atoms with E-state index in [1.54, 1.807) is 12.5 Å². The Morgan fingerprint density at radius 2 is 1.92 bits per heavy atom. The van der Waals surface area contributed by atoms with Crippen LogP contribution in [-0.2, 0) is 0 Å². The Balaban J connectivity index is 2.48. The highest BCUT2D eigenvalue weighted by Gasteiger charge is 1.98. The third kappa shape index (κ3) is 1.33. The van der Waals surface area contributed by atoms with E-state index in [9.17, 15) is 0 Å². The molecular formula is C10H9N3. The Labute approximate surface area is 76.3 Å². The number of rotatable bonds is 2. The van der Waals surface area contributed by atoms with Gasteiger partial charge in [0.2, 0.25) is 0 Å². The first-order valence-corrected chi connectivity index (χ1v) is 3.93. The molecule has 0 unspecified atom stereocenters. The summed E-state index contributed by atoms with van der Waals surface area (Å²) in [6.07, 6.45) is 9.17. The molecule has 13 heavy (non-hydrogen) atoms. The molecule has 3 heteroatoms. The van der Waals surface area contributed by atoms with E-state index in [0.717, 1.165) is 5.82 Å². The van der Waals surface area contributed by atoms with Crippen molar-refractivity contribution >= 4 is 0 Å². The van der Waals surface area contributed by atoms with Gasteiger partial charge in [-0.1, -0.05) is 12.3 Å². The lowest BCUT2D eigenvalue weighted by Gasteiger charge is -2.05. The van der Waals surface area contributed by atoms with Crippen LogP contribution in [0.4, 0.5) is 0 Å². The summed E-state index contributed by atoms with van der Waals surface area (Å²) in [6, 6.07) is 3.91. The summed E-state index contributed by atoms with van der Waals surface area (Å²) >= 11 is 0. The molecule has 0 fully saturated rings. The number of nitrogens with zero attached hydrogens (tertiary/aromatic N) is 3. The fourth-order valence-electron chi connectivity index (χ4n) is 1.18. The van der Waals surface area contributed by atoms with Gasteiger partial charge < -0.3 is 4.57 Å². The Hall–Kier alpha value is -1.99. The van der Waals surface area contributed by atoms with E-state index in [1.807, 2.05) is 39.9 Å². The monoisotopic (exact) mass is 171 g/mol. The molecule has 0 saturated carbocycles. The van der Waals surface area contributed by atoms with Crippen molar-refractivity contribution < 1.29 is 0 Å². The van der Waals surface area contributed by atoms with Crippen LogP contribution in [-0.4, -0.2) is 14.1 Å². The van der Waals surface area contributed by atoms with Crippen molar-refractivity contribution in [2.45, 2.75) is 0 Å². The zero-order chi connectivity index (χ0) is 9.10. The molecule has 0 aliphatic carbocycles. The highest BCUT2D eigenvalue weighted by molar-refractivity contribution is 5.03. The van der Waals surface area contributed by atoms with Gasteiger partial charge in [-0.25, -0.2) is 4.98 Å². The number of imidazole rings is 1. The van der Waals surface area contributed by atoms with E-state index in [2.05, 4.69) is 17.3 Å². The first kappa shape index (κ1) is 7.65. The summed E-state index contributed by atoms with van der Waals surface area (Å²) in [5, 5.41) is 0. The molecule has 0 amide bonds. The minimum Gasteiger partial charge on any atom is -0.303 e. The van der Waals surface area contributed by atoms with E-state index >= 15 is 0 Å². The van der Waals surface area contributed by atoms with Crippen molar-refractivity contribution in [1.29, 1.82) is 0 Å². The lowest BCUT2D eigenvalue weighted by molar-refractivity contribution is 0.763. The second-order valence-electron chi connectivity index (χ2n) is 2.56. The number of aromatic nitrogens is 3. The SMILES string of the molecule is C=C=C(n1cccc1)n1ccnc1. The van der Waals surface area contributed by atoms with Crippen LogP contribution in [0.15, 0.2) is 55.6 Å². The molecule has 0 saturated heterocycles.